The van der Waals surface area contributed by atoms with Gasteiger partial charge in [0.25, 0.3) is 0 Å². The Hall–Kier alpha value is -0.160. The van der Waals surface area contributed by atoms with Gasteiger partial charge >= 0.3 is 0 Å². The number of aliphatic hydroxyl groups is 2. The molecule has 0 unspecified atom stereocenters. The fourth-order valence-electron chi connectivity index (χ4n) is 1.22. The summed E-state index contributed by atoms with van der Waals surface area (Å²) in [5, 5.41) is 20.4. The molecule has 4 heteroatoms. The lowest BCUT2D eigenvalue weighted by Crippen LogP contribution is -2.43. The maximum Gasteiger partial charge on any atom is 0.102 e. The quantitative estimate of drug-likeness (QED) is 0.342. The number of aliphatic hydroxyl groups excluding tert-OH is 2. The molecule has 80 valence electrons. The number of nitrogens with zero attached hydrogens (tertiary/aromatic N) is 1. The minimum atomic E-state index is 0.203. The first kappa shape index (κ1) is 12.8. The third kappa shape index (κ3) is 8.18. The third-order valence-corrected chi connectivity index (χ3v) is 2.11. The van der Waals surface area contributed by atoms with E-state index in [9.17, 15) is 0 Å². The van der Waals surface area contributed by atoms with Gasteiger partial charge in [-0.2, -0.15) is 0 Å². The monoisotopic (exact) mass is 191 g/mol. The zero-order valence-electron chi connectivity index (χ0n) is 8.79. The van der Waals surface area contributed by atoms with E-state index in [1.165, 1.54) is 0 Å². The van der Waals surface area contributed by atoms with Gasteiger partial charge in [-0.25, -0.2) is 0 Å². The molecule has 0 bridgehead atoms. The van der Waals surface area contributed by atoms with E-state index in [0.717, 1.165) is 30.5 Å². The summed E-state index contributed by atoms with van der Waals surface area (Å²) in [5.74, 6) is 0. The van der Waals surface area contributed by atoms with Crippen molar-refractivity contribution < 1.29 is 14.7 Å². The SMILES string of the molecule is C[N+](C)(CCO)CCCNCCO. The van der Waals surface area contributed by atoms with Crippen molar-refractivity contribution in [1.82, 2.24) is 5.32 Å². The largest absolute Gasteiger partial charge is 0.395 e. The highest BCUT2D eigenvalue weighted by Crippen LogP contribution is 1.97. The van der Waals surface area contributed by atoms with Crippen LogP contribution >= 0.6 is 0 Å². The number of rotatable bonds is 8. The number of likely N-dealkylation sites (N-methyl/N-ethyl adjacent to an activating group) is 1. The van der Waals surface area contributed by atoms with Crippen molar-refractivity contribution in [1.29, 1.82) is 0 Å². The second-order valence-corrected chi connectivity index (χ2v) is 3.93. The molecular weight excluding hydrogens is 168 g/mol. The molecule has 3 N–H and O–H groups in total. The molecule has 0 spiro atoms. The molecule has 0 atom stereocenters. The summed E-state index contributed by atoms with van der Waals surface area (Å²) in [6.07, 6.45) is 1.08. The van der Waals surface area contributed by atoms with E-state index >= 15 is 0 Å². The maximum atomic E-state index is 8.78. The average Bonchev–Trinajstić information content (AvgIpc) is 2.04. The van der Waals surface area contributed by atoms with Crippen molar-refractivity contribution in [2.24, 2.45) is 0 Å². The van der Waals surface area contributed by atoms with Crippen LogP contribution in [-0.2, 0) is 0 Å². The predicted molar refractivity (Wildman–Crippen MR) is 53.5 cm³/mol. The van der Waals surface area contributed by atoms with Crippen molar-refractivity contribution in [3.05, 3.63) is 0 Å². The zero-order chi connectivity index (χ0) is 10.2. The van der Waals surface area contributed by atoms with Crippen LogP contribution in [0.15, 0.2) is 0 Å². The normalized spacial score (nSPS) is 12.0. The molecule has 4 nitrogen and oxygen atoms in total. The van der Waals surface area contributed by atoms with Gasteiger partial charge in [0.1, 0.15) is 6.54 Å². The second-order valence-electron chi connectivity index (χ2n) is 3.93. The van der Waals surface area contributed by atoms with Crippen molar-refractivity contribution in [2.45, 2.75) is 6.42 Å². The van der Waals surface area contributed by atoms with Gasteiger partial charge in [0.05, 0.1) is 33.9 Å². The summed E-state index contributed by atoms with van der Waals surface area (Å²) < 4.78 is 0.858. The van der Waals surface area contributed by atoms with E-state index in [-0.39, 0.29) is 13.2 Å². The van der Waals surface area contributed by atoms with Crippen LogP contribution in [0.25, 0.3) is 0 Å². The van der Waals surface area contributed by atoms with E-state index in [1.54, 1.807) is 0 Å². The molecule has 0 aromatic carbocycles. The molecule has 0 aromatic heterocycles. The molecule has 0 aliphatic heterocycles. The lowest BCUT2D eigenvalue weighted by atomic mass is 10.3. The number of quaternary nitrogens is 1. The van der Waals surface area contributed by atoms with Gasteiger partial charge in [-0.3, -0.25) is 0 Å². The summed E-state index contributed by atoms with van der Waals surface area (Å²) in [6, 6.07) is 0. The maximum absolute atomic E-state index is 8.78. The highest BCUT2D eigenvalue weighted by Gasteiger charge is 2.12. The number of nitrogens with one attached hydrogen (secondary N) is 1. The first-order valence-corrected chi connectivity index (χ1v) is 4.87. The van der Waals surface area contributed by atoms with Crippen LogP contribution in [0, 0.1) is 0 Å². The number of hydrogen-bond donors (Lipinski definition) is 3. The molecule has 0 amide bonds. The molecular formula is C9H23N2O2+. The minimum Gasteiger partial charge on any atom is -0.395 e. The van der Waals surface area contributed by atoms with Gasteiger partial charge in [0, 0.05) is 19.5 Å². The van der Waals surface area contributed by atoms with Crippen LogP contribution < -0.4 is 5.32 Å². The molecule has 0 aliphatic carbocycles. The minimum absolute atomic E-state index is 0.203. The van der Waals surface area contributed by atoms with E-state index in [0.29, 0.717) is 6.54 Å². The predicted octanol–water partition coefficient (Wildman–Crippen LogP) is -0.973. The first-order chi connectivity index (χ1) is 6.12. The first-order valence-electron chi connectivity index (χ1n) is 4.87. The van der Waals surface area contributed by atoms with Gasteiger partial charge in [-0.1, -0.05) is 0 Å². The number of hydrogen-bond acceptors (Lipinski definition) is 3. The lowest BCUT2D eigenvalue weighted by Gasteiger charge is -2.28. The van der Waals surface area contributed by atoms with Gasteiger partial charge in [-0.15, -0.1) is 0 Å². The van der Waals surface area contributed by atoms with Crippen molar-refractivity contribution in [3.8, 4) is 0 Å². The standard InChI is InChI=1S/C9H23N2O2/c1-11(2,7-9-13)6-3-4-10-5-8-12/h10,12-13H,3-9H2,1-2H3/q+1. The van der Waals surface area contributed by atoms with Gasteiger partial charge in [-0.05, 0) is 0 Å². The molecule has 0 rings (SSSR count). The van der Waals surface area contributed by atoms with Crippen LogP contribution in [0.2, 0.25) is 0 Å². The highest BCUT2D eigenvalue weighted by molar-refractivity contribution is 4.45. The summed E-state index contributed by atoms with van der Waals surface area (Å²) in [5.41, 5.74) is 0. The fourth-order valence-corrected chi connectivity index (χ4v) is 1.22. The molecule has 0 saturated carbocycles. The third-order valence-electron chi connectivity index (χ3n) is 2.11. The smallest absolute Gasteiger partial charge is 0.102 e. The van der Waals surface area contributed by atoms with E-state index in [1.807, 2.05) is 0 Å². The molecule has 13 heavy (non-hydrogen) atoms. The van der Waals surface area contributed by atoms with Crippen LogP contribution in [0.3, 0.4) is 0 Å². The molecule has 0 saturated heterocycles. The molecule has 0 aliphatic rings. The fraction of sp³-hybridized carbons (Fsp3) is 1.00. The molecule has 0 radical (unpaired) electrons. The average molecular weight is 191 g/mol. The Kier molecular flexibility index (Phi) is 7.17. The van der Waals surface area contributed by atoms with Crippen LogP contribution in [-0.4, -0.2) is 68.2 Å². The lowest BCUT2D eigenvalue weighted by molar-refractivity contribution is -0.890. The summed E-state index contributed by atoms with van der Waals surface area (Å²) in [4.78, 5) is 0. The summed E-state index contributed by atoms with van der Waals surface area (Å²) in [7, 11) is 4.23. The van der Waals surface area contributed by atoms with Crippen LogP contribution in [0.1, 0.15) is 6.42 Å². The van der Waals surface area contributed by atoms with Crippen molar-refractivity contribution in [3.63, 3.8) is 0 Å². The van der Waals surface area contributed by atoms with E-state index in [2.05, 4.69) is 19.4 Å². The molecule has 0 heterocycles. The Labute approximate surface area is 80.8 Å². The van der Waals surface area contributed by atoms with Crippen molar-refractivity contribution >= 4 is 0 Å². The van der Waals surface area contributed by atoms with Crippen LogP contribution in [0.5, 0.6) is 0 Å². The Morgan fingerprint density at radius 2 is 1.69 bits per heavy atom. The van der Waals surface area contributed by atoms with Gasteiger partial charge < -0.3 is 20.0 Å². The Morgan fingerprint density at radius 1 is 1.00 bits per heavy atom. The summed E-state index contributed by atoms with van der Waals surface area (Å²) >= 11 is 0. The Balaban J connectivity index is 3.29. The summed E-state index contributed by atoms with van der Waals surface area (Å²) in [6.45, 7) is 3.92. The Bertz CT molecular complexity index is 118. The van der Waals surface area contributed by atoms with E-state index in [4.69, 9.17) is 10.2 Å². The topological polar surface area (TPSA) is 52.5 Å². The molecule has 0 aromatic rings. The van der Waals surface area contributed by atoms with Crippen LogP contribution in [0.4, 0.5) is 0 Å². The molecule has 0 fully saturated rings. The van der Waals surface area contributed by atoms with Gasteiger partial charge in [0.15, 0.2) is 0 Å². The zero-order valence-corrected chi connectivity index (χ0v) is 8.79. The van der Waals surface area contributed by atoms with Gasteiger partial charge in [0.2, 0.25) is 0 Å². The van der Waals surface area contributed by atoms with Crippen molar-refractivity contribution in [2.75, 3.05) is 53.5 Å². The Morgan fingerprint density at radius 3 is 2.23 bits per heavy atom. The van der Waals surface area contributed by atoms with E-state index < -0.39 is 0 Å². The highest BCUT2D eigenvalue weighted by atomic mass is 16.3. The second kappa shape index (κ2) is 7.26.